The third kappa shape index (κ3) is 4.50. The van der Waals surface area contributed by atoms with E-state index in [1.54, 1.807) is 23.4 Å². The summed E-state index contributed by atoms with van der Waals surface area (Å²) in [5.74, 6) is 0.124. The van der Waals surface area contributed by atoms with Gasteiger partial charge < -0.3 is 19.5 Å². The highest BCUT2D eigenvalue weighted by molar-refractivity contribution is 5.81. The molecular formula is C26H22F4N6O2. The van der Waals surface area contributed by atoms with Crippen LogP contribution >= 0.6 is 0 Å². The Hall–Kier alpha value is -4.22. The maximum absolute atomic E-state index is 15.1. The number of aromatic nitrogens is 4. The van der Waals surface area contributed by atoms with Gasteiger partial charge in [-0.15, -0.1) is 0 Å². The summed E-state index contributed by atoms with van der Waals surface area (Å²) in [6, 6.07) is 7.84. The Morgan fingerprint density at radius 1 is 0.974 bits per heavy atom. The molecule has 38 heavy (non-hydrogen) atoms. The number of alkyl halides is 3. The number of hydrogen-bond donors (Lipinski definition) is 1. The SMILES string of the molecule is O=C1OCCN1C1CCN(c2ncc(-c3ccc(-c4nc5ccc(C(F)(F)F)cc5[nH]4)c(F)c3)cn2)CC1. The second-order valence-corrected chi connectivity index (χ2v) is 9.31. The van der Waals surface area contributed by atoms with Crippen molar-refractivity contribution in [3.63, 3.8) is 0 Å². The maximum Gasteiger partial charge on any atom is 0.416 e. The molecule has 8 nitrogen and oxygen atoms in total. The minimum Gasteiger partial charge on any atom is -0.448 e. The summed E-state index contributed by atoms with van der Waals surface area (Å²) < 4.78 is 59.1. The van der Waals surface area contributed by atoms with Crippen molar-refractivity contribution in [3.8, 4) is 22.5 Å². The van der Waals surface area contributed by atoms with Gasteiger partial charge in [0.25, 0.3) is 0 Å². The number of benzene rings is 2. The van der Waals surface area contributed by atoms with Gasteiger partial charge in [0.05, 0.1) is 28.7 Å². The van der Waals surface area contributed by atoms with E-state index < -0.39 is 17.6 Å². The fourth-order valence-electron chi connectivity index (χ4n) is 4.95. The number of nitrogens with one attached hydrogen (secondary N) is 1. The highest BCUT2D eigenvalue weighted by Crippen LogP contribution is 2.33. The summed E-state index contributed by atoms with van der Waals surface area (Å²) in [5, 5.41) is 0. The summed E-state index contributed by atoms with van der Waals surface area (Å²) in [5.41, 5.74) is 0.991. The zero-order valence-electron chi connectivity index (χ0n) is 20.0. The summed E-state index contributed by atoms with van der Waals surface area (Å²) in [4.78, 5) is 31.6. The predicted octanol–water partition coefficient (Wildman–Crippen LogP) is 5.27. The number of amides is 1. The molecule has 2 fully saturated rings. The molecule has 4 heterocycles. The van der Waals surface area contributed by atoms with E-state index in [0.29, 0.717) is 48.8 Å². The minimum absolute atomic E-state index is 0.139. The van der Waals surface area contributed by atoms with Crippen molar-refractivity contribution in [3.05, 3.63) is 60.2 Å². The van der Waals surface area contributed by atoms with Crippen LogP contribution in [0.1, 0.15) is 18.4 Å². The molecule has 2 aromatic carbocycles. The van der Waals surface area contributed by atoms with Gasteiger partial charge >= 0.3 is 12.3 Å². The zero-order valence-corrected chi connectivity index (χ0v) is 20.0. The van der Waals surface area contributed by atoms with Gasteiger partial charge in [-0.05, 0) is 48.7 Å². The number of piperidine rings is 1. The van der Waals surface area contributed by atoms with Crippen LogP contribution in [0.4, 0.5) is 28.3 Å². The standard InChI is InChI=1S/C26H22F4N6O2/c27-20-11-15(1-3-19(20)23-33-21-4-2-17(26(28,29)30)12-22(21)34-23)16-13-31-24(32-14-16)35-7-5-18(6-8-35)36-9-10-38-25(36)37/h1-4,11-14,18H,5-10H2,(H,33,34). The Morgan fingerprint density at radius 2 is 1.74 bits per heavy atom. The van der Waals surface area contributed by atoms with Crippen LogP contribution in [0.3, 0.4) is 0 Å². The van der Waals surface area contributed by atoms with Gasteiger partial charge in [-0.3, -0.25) is 0 Å². The molecule has 0 spiro atoms. The van der Waals surface area contributed by atoms with E-state index in [-0.39, 0.29) is 29.0 Å². The Labute approximate surface area is 214 Å². The lowest BCUT2D eigenvalue weighted by Crippen LogP contribution is -2.45. The van der Waals surface area contributed by atoms with E-state index in [4.69, 9.17) is 4.74 Å². The minimum atomic E-state index is -4.48. The molecule has 0 bridgehead atoms. The number of nitrogens with zero attached hydrogens (tertiary/aromatic N) is 5. The fraction of sp³-hybridized carbons (Fsp3) is 0.308. The number of carbonyl (C=O) groups excluding carboxylic acids is 1. The van der Waals surface area contributed by atoms with E-state index in [0.717, 1.165) is 25.0 Å². The molecule has 1 N–H and O–H groups in total. The van der Waals surface area contributed by atoms with Crippen molar-refractivity contribution in [1.82, 2.24) is 24.8 Å². The van der Waals surface area contributed by atoms with E-state index in [1.165, 1.54) is 18.2 Å². The number of halogens is 4. The second-order valence-electron chi connectivity index (χ2n) is 9.31. The van der Waals surface area contributed by atoms with Gasteiger partial charge in [0.1, 0.15) is 18.2 Å². The molecule has 1 amide bonds. The molecule has 0 saturated carbocycles. The number of imidazole rings is 1. The lowest BCUT2D eigenvalue weighted by Gasteiger charge is -2.35. The Bertz CT molecular complexity index is 1500. The molecular weight excluding hydrogens is 504 g/mol. The number of rotatable bonds is 4. The number of ether oxygens (including phenoxy) is 1. The summed E-state index contributed by atoms with van der Waals surface area (Å²) >= 11 is 0. The highest BCUT2D eigenvalue weighted by atomic mass is 19.4. The fourth-order valence-corrected chi connectivity index (χ4v) is 4.95. The number of aromatic amines is 1. The van der Waals surface area contributed by atoms with Crippen LogP contribution in [-0.4, -0.2) is 63.2 Å². The quantitative estimate of drug-likeness (QED) is 0.365. The smallest absolute Gasteiger partial charge is 0.416 e. The summed E-state index contributed by atoms with van der Waals surface area (Å²) in [7, 11) is 0. The first kappa shape index (κ1) is 24.1. The van der Waals surface area contributed by atoms with E-state index in [2.05, 4.69) is 24.8 Å². The second kappa shape index (κ2) is 9.26. The molecule has 2 aliphatic rings. The molecule has 2 aromatic heterocycles. The van der Waals surface area contributed by atoms with Crippen molar-refractivity contribution < 1.29 is 27.1 Å². The van der Waals surface area contributed by atoms with Gasteiger partial charge in [-0.25, -0.2) is 24.1 Å². The maximum atomic E-state index is 15.1. The number of anilines is 1. The van der Waals surface area contributed by atoms with E-state index in [1.807, 2.05) is 0 Å². The molecule has 0 atom stereocenters. The lowest BCUT2D eigenvalue weighted by atomic mass is 10.0. The van der Waals surface area contributed by atoms with Crippen molar-refractivity contribution in [2.75, 3.05) is 31.1 Å². The third-order valence-corrected chi connectivity index (χ3v) is 6.99. The van der Waals surface area contributed by atoms with Crippen molar-refractivity contribution in [2.45, 2.75) is 25.1 Å². The summed E-state index contributed by atoms with van der Waals surface area (Å²) in [6.45, 7) is 2.48. The monoisotopic (exact) mass is 526 g/mol. The molecule has 196 valence electrons. The average Bonchev–Trinajstić information content (AvgIpc) is 3.54. The van der Waals surface area contributed by atoms with E-state index in [9.17, 15) is 18.0 Å². The largest absolute Gasteiger partial charge is 0.448 e. The number of hydrogen-bond acceptors (Lipinski definition) is 6. The van der Waals surface area contributed by atoms with Crippen LogP contribution in [0, 0.1) is 5.82 Å². The van der Waals surface area contributed by atoms with E-state index >= 15 is 4.39 Å². The van der Waals surface area contributed by atoms with Gasteiger partial charge in [0, 0.05) is 37.1 Å². The molecule has 2 saturated heterocycles. The third-order valence-electron chi connectivity index (χ3n) is 6.99. The van der Waals surface area contributed by atoms with Gasteiger partial charge in [0.15, 0.2) is 0 Å². The normalized spacial score (nSPS) is 16.9. The van der Waals surface area contributed by atoms with Gasteiger partial charge in [-0.1, -0.05) is 6.07 Å². The average molecular weight is 526 g/mol. The predicted molar refractivity (Wildman–Crippen MR) is 131 cm³/mol. The molecule has 0 aliphatic carbocycles. The number of fused-ring (bicyclic) bond motifs is 1. The van der Waals surface area contributed by atoms with Crippen LogP contribution in [0.25, 0.3) is 33.5 Å². The van der Waals surface area contributed by atoms with Crippen molar-refractivity contribution in [1.29, 1.82) is 0 Å². The first-order chi connectivity index (χ1) is 18.3. The van der Waals surface area contributed by atoms with Crippen LogP contribution in [0.2, 0.25) is 0 Å². The highest BCUT2D eigenvalue weighted by Gasteiger charge is 2.33. The molecule has 6 rings (SSSR count). The van der Waals surface area contributed by atoms with Crippen molar-refractivity contribution in [2.24, 2.45) is 0 Å². The Balaban J connectivity index is 1.16. The Kier molecular flexibility index (Phi) is 5.88. The molecule has 0 unspecified atom stereocenters. The van der Waals surface area contributed by atoms with Crippen molar-refractivity contribution >= 4 is 23.1 Å². The number of H-pyrrole nitrogens is 1. The van der Waals surface area contributed by atoms with Crippen LogP contribution in [0.15, 0.2) is 48.8 Å². The number of carbonyl (C=O) groups is 1. The van der Waals surface area contributed by atoms with Crippen LogP contribution < -0.4 is 4.90 Å². The lowest BCUT2D eigenvalue weighted by molar-refractivity contribution is -0.137. The first-order valence-electron chi connectivity index (χ1n) is 12.1. The topological polar surface area (TPSA) is 87.2 Å². The molecule has 2 aliphatic heterocycles. The number of cyclic esters (lactones) is 1. The van der Waals surface area contributed by atoms with Crippen LogP contribution in [-0.2, 0) is 10.9 Å². The van der Waals surface area contributed by atoms with Gasteiger partial charge in [-0.2, -0.15) is 13.2 Å². The van der Waals surface area contributed by atoms with Gasteiger partial charge in [0.2, 0.25) is 5.95 Å². The first-order valence-corrected chi connectivity index (χ1v) is 12.1. The van der Waals surface area contributed by atoms with Crippen LogP contribution in [0.5, 0.6) is 0 Å². The Morgan fingerprint density at radius 3 is 2.39 bits per heavy atom. The zero-order chi connectivity index (χ0) is 26.4. The molecule has 0 radical (unpaired) electrons. The summed E-state index contributed by atoms with van der Waals surface area (Å²) in [6.07, 6.45) is 0.113. The molecule has 4 aromatic rings. The molecule has 12 heteroatoms.